The Labute approximate surface area is 178 Å². The number of amides is 1. The summed E-state index contributed by atoms with van der Waals surface area (Å²) in [6, 6.07) is 15.4. The molecule has 1 N–H and O–H groups in total. The van der Waals surface area contributed by atoms with Gasteiger partial charge in [-0.2, -0.15) is 4.98 Å². The van der Waals surface area contributed by atoms with Crippen molar-refractivity contribution in [2.75, 3.05) is 5.32 Å². The maximum absolute atomic E-state index is 12.3. The van der Waals surface area contributed by atoms with Gasteiger partial charge >= 0.3 is 0 Å². The van der Waals surface area contributed by atoms with Crippen LogP contribution in [0.25, 0.3) is 16.2 Å². The number of Topliss-reactive ketones (excluding diaryl/α,β-unsaturated/α-hetero) is 1. The average molecular weight is 419 g/mol. The van der Waals surface area contributed by atoms with E-state index >= 15 is 0 Å². The van der Waals surface area contributed by atoms with Crippen molar-refractivity contribution in [2.24, 2.45) is 0 Å². The lowest BCUT2D eigenvalue weighted by molar-refractivity contribution is -0.116. The molecule has 0 saturated carbocycles. The lowest BCUT2D eigenvalue weighted by atomic mass is 10.0. The third-order valence-corrected chi connectivity index (χ3v) is 5.71. The van der Waals surface area contributed by atoms with Crippen molar-refractivity contribution in [3.05, 3.63) is 70.6 Å². The van der Waals surface area contributed by atoms with Gasteiger partial charge in [-0.3, -0.25) is 14.9 Å². The molecule has 6 nitrogen and oxygen atoms in total. The molecule has 2 heterocycles. The van der Waals surface area contributed by atoms with Crippen molar-refractivity contribution in [1.29, 1.82) is 0 Å². The maximum atomic E-state index is 12.3. The number of carbonyl (C=O) groups excluding carboxylic acids is 2. The number of thiazole rings is 1. The fraction of sp³-hybridized carbons (Fsp3) is 0.217. The Morgan fingerprint density at radius 3 is 2.63 bits per heavy atom. The fourth-order valence-corrected chi connectivity index (χ4v) is 4.21. The molecular formula is C23H22N4O2S. The number of carbonyl (C=O) groups is 2. The van der Waals surface area contributed by atoms with Crippen molar-refractivity contribution in [1.82, 2.24) is 14.6 Å². The van der Waals surface area contributed by atoms with Crippen LogP contribution in [0.1, 0.15) is 40.7 Å². The van der Waals surface area contributed by atoms with E-state index in [0.717, 1.165) is 16.2 Å². The van der Waals surface area contributed by atoms with E-state index in [2.05, 4.69) is 47.4 Å². The predicted molar refractivity (Wildman–Crippen MR) is 119 cm³/mol. The highest BCUT2D eigenvalue weighted by molar-refractivity contribution is 7.15. The quantitative estimate of drug-likeness (QED) is 0.425. The largest absolute Gasteiger partial charge is 0.294 e. The summed E-state index contributed by atoms with van der Waals surface area (Å²) in [7, 11) is 0. The summed E-state index contributed by atoms with van der Waals surface area (Å²) in [4.78, 5) is 29.5. The van der Waals surface area contributed by atoms with Crippen molar-refractivity contribution in [2.45, 2.75) is 33.1 Å². The molecule has 2 aromatic carbocycles. The topological polar surface area (TPSA) is 76.4 Å². The highest BCUT2D eigenvalue weighted by Gasteiger charge is 2.15. The molecule has 0 unspecified atom stereocenters. The minimum absolute atomic E-state index is 0.0436. The Morgan fingerprint density at radius 2 is 1.87 bits per heavy atom. The summed E-state index contributed by atoms with van der Waals surface area (Å²) in [5.41, 5.74) is 5.09. The Kier molecular flexibility index (Phi) is 5.72. The van der Waals surface area contributed by atoms with Gasteiger partial charge in [-0.1, -0.05) is 54.1 Å². The van der Waals surface area contributed by atoms with Crippen molar-refractivity contribution >= 4 is 33.9 Å². The van der Waals surface area contributed by atoms with Crippen molar-refractivity contribution < 1.29 is 9.59 Å². The summed E-state index contributed by atoms with van der Waals surface area (Å²) < 4.78 is 1.76. The molecule has 0 atom stereocenters. The van der Waals surface area contributed by atoms with Crippen LogP contribution < -0.4 is 5.32 Å². The smallest absolute Gasteiger partial charge is 0.250 e. The molecule has 1 amide bonds. The normalized spacial score (nSPS) is 11.0. The lowest BCUT2D eigenvalue weighted by Crippen LogP contribution is -2.13. The number of rotatable bonds is 7. The highest BCUT2D eigenvalue weighted by atomic mass is 32.1. The van der Waals surface area contributed by atoms with E-state index in [1.165, 1.54) is 22.5 Å². The molecule has 0 aliphatic heterocycles. The van der Waals surface area contributed by atoms with Crippen molar-refractivity contribution in [3.63, 3.8) is 0 Å². The van der Waals surface area contributed by atoms with E-state index in [9.17, 15) is 9.59 Å². The van der Waals surface area contributed by atoms with Crippen LogP contribution in [0.4, 0.5) is 5.95 Å². The number of fused-ring (bicyclic) bond motifs is 1. The predicted octanol–water partition coefficient (Wildman–Crippen LogP) is 5.07. The molecule has 0 radical (unpaired) electrons. The van der Waals surface area contributed by atoms with Gasteiger partial charge in [0.05, 0.1) is 5.69 Å². The highest BCUT2D eigenvalue weighted by Crippen LogP contribution is 2.28. The molecule has 0 bridgehead atoms. The first-order valence-corrected chi connectivity index (χ1v) is 10.7. The Hall–Kier alpha value is -3.32. The zero-order valence-corrected chi connectivity index (χ0v) is 17.7. The molecule has 4 rings (SSSR count). The number of nitrogens with zero attached hydrogens (tertiary/aromatic N) is 3. The van der Waals surface area contributed by atoms with E-state index in [1.807, 2.05) is 23.6 Å². The van der Waals surface area contributed by atoms with Crippen LogP contribution in [0.3, 0.4) is 0 Å². The van der Waals surface area contributed by atoms with E-state index in [-0.39, 0.29) is 24.1 Å². The molecule has 2 aromatic heterocycles. The first kappa shape index (κ1) is 20.0. The van der Waals surface area contributed by atoms with Gasteiger partial charge in [-0.25, -0.2) is 4.52 Å². The number of aromatic nitrogens is 3. The van der Waals surface area contributed by atoms with Gasteiger partial charge in [-0.15, -0.1) is 16.4 Å². The second-order valence-electron chi connectivity index (χ2n) is 7.26. The molecule has 30 heavy (non-hydrogen) atoms. The number of hydrogen-bond donors (Lipinski definition) is 1. The number of hydrogen-bond acceptors (Lipinski definition) is 5. The third kappa shape index (κ3) is 4.31. The van der Waals surface area contributed by atoms with Gasteiger partial charge in [0.2, 0.25) is 16.8 Å². The first-order valence-electron chi connectivity index (χ1n) is 9.81. The SMILES string of the molecule is Cc1ccc(-c2csc3nc(NC(=O)CCCC(=O)c4ccccc4)nn23)c(C)c1. The molecule has 0 saturated heterocycles. The Morgan fingerprint density at radius 1 is 1.07 bits per heavy atom. The first-order chi connectivity index (χ1) is 14.5. The third-order valence-electron chi connectivity index (χ3n) is 4.89. The number of benzene rings is 2. The van der Waals surface area contributed by atoms with E-state index < -0.39 is 0 Å². The zero-order chi connectivity index (χ0) is 21.1. The monoisotopic (exact) mass is 418 g/mol. The summed E-state index contributed by atoms with van der Waals surface area (Å²) >= 11 is 1.48. The molecule has 152 valence electrons. The molecule has 0 fully saturated rings. The van der Waals surface area contributed by atoms with E-state index in [1.54, 1.807) is 16.6 Å². The summed E-state index contributed by atoms with van der Waals surface area (Å²) in [5.74, 6) is 0.136. The number of anilines is 1. The summed E-state index contributed by atoms with van der Waals surface area (Å²) in [6.07, 6.45) is 1.06. The number of nitrogens with one attached hydrogen (secondary N) is 1. The minimum atomic E-state index is -0.192. The van der Waals surface area contributed by atoms with Crippen LogP contribution in [-0.2, 0) is 4.79 Å². The zero-order valence-electron chi connectivity index (χ0n) is 16.9. The Bertz CT molecular complexity index is 1210. The van der Waals surface area contributed by atoms with Gasteiger partial charge < -0.3 is 0 Å². The van der Waals surface area contributed by atoms with Crippen LogP contribution >= 0.6 is 11.3 Å². The second kappa shape index (κ2) is 8.59. The second-order valence-corrected chi connectivity index (χ2v) is 8.10. The average Bonchev–Trinajstić information content (AvgIpc) is 3.29. The van der Waals surface area contributed by atoms with Crippen LogP contribution in [0.15, 0.2) is 53.9 Å². The summed E-state index contributed by atoms with van der Waals surface area (Å²) in [5, 5.41) is 9.23. The maximum Gasteiger partial charge on any atom is 0.250 e. The molecule has 7 heteroatoms. The van der Waals surface area contributed by atoms with Gasteiger partial charge in [0, 0.05) is 29.3 Å². The standard InChI is InChI=1S/C23H22N4O2S/c1-15-11-12-18(16(2)13-15)19-14-30-23-25-22(26-27(19)23)24-21(29)10-6-9-20(28)17-7-4-3-5-8-17/h3-5,7-8,11-14H,6,9-10H2,1-2H3,(H,24,26,29). The van der Waals surface area contributed by atoms with Gasteiger partial charge in [0.15, 0.2) is 5.78 Å². The lowest BCUT2D eigenvalue weighted by Gasteiger charge is -2.05. The molecule has 0 aliphatic rings. The van der Waals surface area contributed by atoms with Crippen LogP contribution in [0.2, 0.25) is 0 Å². The van der Waals surface area contributed by atoms with E-state index in [4.69, 9.17) is 0 Å². The van der Waals surface area contributed by atoms with Crippen molar-refractivity contribution in [3.8, 4) is 11.3 Å². The molecule has 0 spiro atoms. The fourth-order valence-electron chi connectivity index (χ4n) is 3.39. The van der Waals surface area contributed by atoms with Crippen LogP contribution in [0.5, 0.6) is 0 Å². The van der Waals surface area contributed by atoms with Gasteiger partial charge in [-0.05, 0) is 25.8 Å². The van der Waals surface area contributed by atoms with Gasteiger partial charge in [0.1, 0.15) is 0 Å². The number of aryl methyl sites for hydroxylation is 2. The summed E-state index contributed by atoms with van der Waals surface area (Å²) in [6.45, 7) is 4.14. The van der Waals surface area contributed by atoms with E-state index in [0.29, 0.717) is 18.4 Å². The van der Waals surface area contributed by atoms with Crippen LogP contribution in [0, 0.1) is 13.8 Å². The van der Waals surface area contributed by atoms with Gasteiger partial charge in [0.25, 0.3) is 0 Å². The Balaban J connectivity index is 1.39. The van der Waals surface area contributed by atoms with Crippen LogP contribution in [-0.4, -0.2) is 26.3 Å². The minimum Gasteiger partial charge on any atom is -0.294 e. The molecule has 4 aromatic rings. The molecular weight excluding hydrogens is 396 g/mol. The number of ketones is 1. The molecule has 0 aliphatic carbocycles.